The first kappa shape index (κ1) is 15.0. The van der Waals surface area contributed by atoms with E-state index >= 15 is 0 Å². The molecule has 1 aliphatic carbocycles. The third-order valence-electron chi connectivity index (χ3n) is 3.10. The average Bonchev–Trinajstić information content (AvgIpc) is 2.79. The number of ether oxygens (including phenoxy) is 1. The van der Waals surface area contributed by atoms with Gasteiger partial charge in [0.2, 0.25) is 0 Å². The highest BCUT2D eigenvalue weighted by Gasteiger charge is 2.25. The zero-order valence-corrected chi connectivity index (χ0v) is 13.0. The van der Waals surface area contributed by atoms with E-state index in [1.807, 2.05) is 20.8 Å². The number of nitrogens with zero attached hydrogens (tertiary/aromatic N) is 2. The second-order valence-corrected chi connectivity index (χ2v) is 6.92. The van der Waals surface area contributed by atoms with Gasteiger partial charge in [-0.15, -0.1) is 5.10 Å². The summed E-state index contributed by atoms with van der Waals surface area (Å²) in [6, 6.07) is 0.517. The zero-order valence-electron chi connectivity index (χ0n) is 12.2. The summed E-state index contributed by atoms with van der Waals surface area (Å²) in [5, 5.41) is 11.2. The van der Waals surface area contributed by atoms with E-state index in [1.54, 1.807) is 6.20 Å². The molecule has 0 saturated heterocycles. The van der Waals surface area contributed by atoms with E-state index in [0.29, 0.717) is 6.04 Å². The molecule has 0 aliphatic heterocycles. The van der Waals surface area contributed by atoms with Crippen molar-refractivity contribution in [3.63, 3.8) is 0 Å². The number of carbonyl (C=O) groups excluding carboxylic acids is 1. The van der Waals surface area contributed by atoms with E-state index in [9.17, 15) is 4.79 Å². The first-order valence-corrected chi connectivity index (χ1v) is 7.73. The highest BCUT2D eigenvalue weighted by atomic mass is 32.1. The number of carbonyl (C=O) groups is 1. The number of amides is 1. The zero-order chi connectivity index (χ0) is 14.6. The third kappa shape index (κ3) is 4.96. The Morgan fingerprint density at radius 3 is 2.80 bits per heavy atom. The van der Waals surface area contributed by atoms with Crippen molar-refractivity contribution >= 4 is 22.6 Å². The Hall–Kier alpha value is -1.37. The SMILES string of the molecule is CC(C)(C)OC(=O)NC1CCCC(Nc2cnns2)C1. The Morgan fingerprint density at radius 2 is 2.15 bits per heavy atom. The van der Waals surface area contributed by atoms with Gasteiger partial charge in [-0.1, -0.05) is 4.49 Å². The summed E-state index contributed by atoms with van der Waals surface area (Å²) in [4.78, 5) is 11.8. The summed E-state index contributed by atoms with van der Waals surface area (Å²) in [5.74, 6) is 0. The first-order valence-electron chi connectivity index (χ1n) is 6.96. The minimum absolute atomic E-state index is 0.164. The Balaban J connectivity index is 1.80. The van der Waals surface area contributed by atoms with Gasteiger partial charge in [-0.25, -0.2) is 4.79 Å². The fourth-order valence-corrected chi connectivity index (χ4v) is 2.85. The van der Waals surface area contributed by atoms with Gasteiger partial charge in [0.25, 0.3) is 0 Å². The maximum absolute atomic E-state index is 11.8. The maximum atomic E-state index is 11.8. The van der Waals surface area contributed by atoms with Crippen LogP contribution in [-0.2, 0) is 4.74 Å². The summed E-state index contributed by atoms with van der Waals surface area (Å²) < 4.78 is 9.13. The minimum atomic E-state index is -0.454. The van der Waals surface area contributed by atoms with Crippen molar-refractivity contribution in [3.05, 3.63) is 6.20 Å². The monoisotopic (exact) mass is 298 g/mol. The van der Waals surface area contributed by atoms with E-state index in [1.165, 1.54) is 11.5 Å². The van der Waals surface area contributed by atoms with Crippen LogP contribution in [0.15, 0.2) is 6.20 Å². The third-order valence-corrected chi connectivity index (χ3v) is 3.70. The smallest absolute Gasteiger partial charge is 0.407 e. The number of anilines is 1. The Labute approximate surface area is 123 Å². The number of hydrogen-bond acceptors (Lipinski definition) is 6. The Kier molecular flexibility index (Phi) is 4.80. The van der Waals surface area contributed by atoms with Crippen LogP contribution < -0.4 is 10.6 Å². The van der Waals surface area contributed by atoms with Gasteiger partial charge in [0, 0.05) is 23.6 Å². The minimum Gasteiger partial charge on any atom is -0.444 e. The molecular weight excluding hydrogens is 276 g/mol. The lowest BCUT2D eigenvalue weighted by molar-refractivity contribution is 0.0492. The highest BCUT2D eigenvalue weighted by molar-refractivity contribution is 7.09. The van der Waals surface area contributed by atoms with Crippen molar-refractivity contribution in [1.29, 1.82) is 0 Å². The predicted octanol–water partition coefficient (Wildman–Crippen LogP) is 2.79. The molecule has 1 aliphatic rings. The molecule has 1 aromatic heterocycles. The van der Waals surface area contributed by atoms with Gasteiger partial charge in [0.15, 0.2) is 0 Å². The molecule has 7 heteroatoms. The van der Waals surface area contributed by atoms with Gasteiger partial charge in [0.05, 0.1) is 6.20 Å². The summed E-state index contributed by atoms with van der Waals surface area (Å²) in [6.45, 7) is 5.61. The fourth-order valence-electron chi connectivity index (χ4n) is 2.36. The molecule has 6 nitrogen and oxygen atoms in total. The number of hydrogen-bond donors (Lipinski definition) is 2. The first-order chi connectivity index (χ1) is 9.42. The van der Waals surface area contributed by atoms with E-state index in [4.69, 9.17) is 4.74 Å². The summed E-state index contributed by atoms with van der Waals surface area (Å²) >= 11 is 1.36. The lowest BCUT2D eigenvalue weighted by Gasteiger charge is -2.31. The van der Waals surface area contributed by atoms with Crippen LogP contribution in [0.1, 0.15) is 46.5 Å². The molecule has 1 amide bonds. The van der Waals surface area contributed by atoms with Gasteiger partial charge >= 0.3 is 6.09 Å². The molecule has 20 heavy (non-hydrogen) atoms. The standard InChI is InChI=1S/C13H22N4O2S/c1-13(2,3)19-12(18)16-10-6-4-5-9(7-10)15-11-8-14-17-20-11/h8-10,15H,4-7H2,1-3H3,(H,16,18). The average molecular weight is 298 g/mol. The van der Waals surface area contributed by atoms with Gasteiger partial charge in [-0.2, -0.15) is 0 Å². The van der Waals surface area contributed by atoms with Crippen molar-refractivity contribution in [1.82, 2.24) is 14.9 Å². The predicted molar refractivity (Wildman–Crippen MR) is 78.9 cm³/mol. The highest BCUT2D eigenvalue weighted by Crippen LogP contribution is 2.23. The molecule has 1 fully saturated rings. The molecule has 2 unspecified atom stereocenters. The Morgan fingerprint density at radius 1 is 1.40 bits per heavy atom. The van der Waals surface area contributed by atoms with Crippen LogP contribution in [0, 0.1) is 0 Å². The maximum Gasteiger partial charge on any atom is 0.407 e. The molecule has 0 spiro atoms. The molecule has 2 rings (SSSR count). The number of rotatable bonds is 3. The second kappa shape index (κ2) is 6.39. The second-order valence-electron chi connectivity index (χ2n) is 6.13. The number of aromatic nitrogens is 2. The Bertz CT molecular complexity index is 430. The topological polar surface area (TPSA) is 76.1 Å². The molecule has 2 N–H and O–H groups in total. The van der Waals surface area contributed by atoms with Crippen LogP contribution in [0.25, 0.3) is 0 Å². The van der Waals surface area contributed by atoms with Gasteiger partial charge in [-0.3, -0.25) is 0 Å². The molecule has 0 radical (unpaired) electrons. The van der Waals surface area contributed by atoms with Gasteiger partial charge in [-0.05, 0) is 46.5 Å². The van der Waals surface area contributed by atoms with Crippen molar-refractivity contribution in [2.75, 3.05) is 5.32 Å². The van der Waals surface area contributed by atoms with Crippen LogP contribution in [0.5, 0.6) is 0 Å². The lowest BCUT2D eigenvalue weighted by atomic mass is 9.91. The quantitative estimate of drug-likeness (QED) is 0.897. The summed E-state index contributed by atoms with van der Waals surface area (Å²) in [6.07, 6.45) is 5.49. The molecule has 1 heterocycles. The van der Waals surface area contributed by atoms with Crippen molar-refractivity contribution in [3.8, 4) is 0 Å². The molecular formula is C13H22N4O2S. The van der Waals surface area contributed by atoms with Crippen LogP contribution in [0.2, 0.25) is 0 Å². The summed E-state index contributed by atoms with van der Waals surface area (Å²) in [7, 11) is 0. The van der Waals surface area contributed by atoms with Crippen LogP contribution in [-0.4, -0.2) is 33.4 Å². The van der Waals surface area contributed by atoms with Crippen molar-refractivity contribution in [2.24, 2.45) is 0 Å². The molecule has 0 bridgehead atoms. The van der Waals surface area contributed by atoms with E-state index in [0.717, 1.165) is 30.7 Å². The van der Waals surface area contributed by atoms with Gasteiger partial charge < -0.3 is 15.4 Å². The van der Waals surface area contributed by atoms with Gasteiger partial charge in [0.1, 0.15) is 10.6 Å². The number of nitrogens with one attached hydrogen (secondary N) is 2. The molecule has 1 saturated carbocycles. The molecule has 1 aromatic rings. The van der Waals surface area contributed by atoms with Crippen LogP contribution in [0.4, 0.5) is 9.80 Å². The van der Waals surface area contributed by atoms with Crippen molar-refractivity contribution < 1.29 is 9.53 Å². The largest absolute Gasteiger partial charge is 0.444 e. The lowest BCUT2D eigenvalue weighted by Crippen LogP contribution is -2.43. The fraction of sp³-hybridized carbons (Fsp3) is 0.769. The summed E-state index contributed by atoms with van der Waals surface area (Å²) in [5.41, 5.74) is -0.454. The van der Waals surface area contributed by atoms with E-state index in [-0.39, 0.29) is 12.1 Å². The number of alkyl carbamates (subject to hydrolysis) is 1. The normalized spacial score (nSPS) is 23.1. The molecule has 0 aromatic carbocycles. The van der Waals surface area contributed by atoms with Crippen molar-refractivity contribution in [2.45, 2.75) is 64.1 Å². The van der Waals surface area contributed by atoms with E-state index in [2.05, 4.69) is 20.2 Å². The molecule has 112 valence electrons. The van der Waals surface area contributed by atoms with E-state index < -0.39 is 5.60 Å². The van der Waals surface area contributed by atoms with Crippen LogP contribution in [0.3, 0.4) is 0 Å². The molecule has 2 atom stereocenters. The van der Waals surface area contributed by atoms with Crippen LogP contribution >= 0.6 is 11.5 Å².